The van der Waals surface area contributed by atoms with Crippen molar-refractivity contribution in [3.8, 4) is 5.75 Å². The molecule has 1 N–H and O–H groups in total. The lowest BCUT2D eigenvalue weighted by Gasteiger charge is -2.15. The van der Waals surface area contributed by atoms with Gasteiger partial charge in [0.15, 0.2) is 0 Å². The van der Waals surface area contributed by atoms with Gasteiger partial charge in [-0.05, 0) is 38.3 Å². The SMILES string of the molecule is Cc1cc(C)n(CC(C)NC(=O)c2sccc2OC(F)F)n1. The van der Waals surface area contributed by atoms with Gasteiger partial charge >= 0.3 is 6.61 Å². The number of amides is 1. The number of aromatic nitrogens is 2. The van der Waals surface area contributed by atoms with Crippen LogP contribution in [0.5, 0.6) is 5.75 Å². The number of carbonyl (C=O) groups excluding carboxylic acids is 1. The second-order valence-electron chi connectivity index (χ2n) is 4.98. The van der Waals surface area contributed by atoms with Crippen molar-refractivity contribution in [2.24, 2.45) is 0 Å². The molecule has 1 unspecified atom stereocenters. The van der Waals surface area contributed by atoms with Crippen molar-refractivity contribution in [3.05, 3.63) is 33.8 Å². The second-order valence-corrected chi connectivity index (χ2v) is 5.89. The maximum atomic E-state index is 12.3. The number of hydrogen-bond donors (Lipinski definition) is 1. The van der Waals surface area contributed by atoms with Crippen LogP contribution in [0.1, 0.15) is 28.0 Å². The fourth-order valence-corrected chi connectivity index (χ4v) is 2.83. The third-order valence-electron chi connectivity index (χ3n) is 2.98. The predicted molar refractivity (Wildman–Crippen MR) is 79.6 cm³/mol. The van der Waals surface area contributed by atoms with Crippen LogP contribution >= 0.6 is 11.3 Å². The lowest BCUT2D eigenvalue weighted by Crippen LogP contribution is -2.36. The summed E-state index contributed by atoms with van der Waals surface area (Å²) in [5, 5.41) is 8.63. The first-order chi connectivity index (χ1) is 10.4. The van der Waals surface area contributed by atoms with E-state index in [0.717, 1.165) is 22.7 Å². The molecule has 0 aromatic carbocycles. The Morgan fingerprint density at radius 2 is 2.23 bits per heavy atom. The van der Waals surface area contributed by atoms with Crippen molar-refractivity contribution in [2.75, 3.05) is 0 Å². The minimum absolute atomic E-state index is 0.101. The molecule has 0 saturated carbocycles. The van der Waals surface area contributed by atoms with Gasteiger partial charge in [-0.25, -0.2) is 0 Å². The van der Waals surface area contributed by atoms with E-state index in [4.69, 9.17) is 0 Å². The lowest BCUT2D eigenvalue weighted by molar-refractivity contribution is -0.0498. The molecule has 8 heteroatoms. The summed E-state index contributed by atoms with van der Waals surface area (Å²) in [5.41, 5.74) is 1.90. The van der Waals surface area contributed by atoms with Crippen LogP contribution in [0, 0.1) is 13.8 Å². The highest BCUT2D eigenvalue weighted by Gasteiger charge is 2.19. The van der Waals surface area contributed by atoms with E-state index in [2.05, 4.69) is 15.2 Å². The van der Waals surface area contributed by atoms with Crippen molar-refractivity contribution in [2.45, 2.75) is 40.0 Å². The average Bonchev–Trinajstić information content (AvgIpc) is 2.96. The number of nitrogens with zero attached hydrogens (tertiary/aromatic N) is 2. The van der Waals surface area contributed by atoms with Gasteiger partial charge in [-0.1, -0.05) is 0 Å². The Hall–Kier alpha value is -1.96. The Balaban J connectivity index is 1.99. The molecule has 2 heterocycles. The first-order valence-corrected chi connectivity index (χ1v) is 7.59. The maximum absolute atomic E-state index is 12.3. The van der Waals surface area contributed by atoms with E-state index in [1.807, 2.05) is 26.8 Å². The number of rotatable bonds is 6. The van der Waals surface area contributed by atoms with Gasteiger partial charge in [0.25, 0.3) is 5.91 Å². The first kappa shape index (κ1) is 16.4. The van der Waals surface area contributed by atoms with Gasteiger partial charge in [0, 0.05) is 11.7 Å². The zero-order valence-electron chi connectivity index (χ0n) is 12.5. The summed E-state index contributed by atoms with van der Waals surface area (Å²) in [6.07, 6.45) is 0. The maximum Gasteiger partial charge on any atom is 0.387 e. The topological polar surface area (TPSA) is 56.2 Å². The molecule has 2 aromatic heterocycles. The molecule has 2 rings (SSSR count). The molecule has 0 fully saturated rings. The summed E-state index contributed by atoms with van der Waals surface area (Å²) < 4.78 is 30.7. The molecule has 0 aliphatic heterocycles. The van der Waals surface area contributed by atoms with Gasteiger partial charge in [-0.2, -0.15) is 13.9 Å². The highest BCUT2D eigenvalue weighted by atomic mass is 32.1. The third-order valence-corrected chi connectivity index (χ3v) is 3.87. The number of alkyl halides is 2. The molecule has 1 amide bonds. The van der Waals surface area contributed by atoms with Gasteiger partial charge in [0.1, 0.15) is 10.6 Å². The fourth-order valence-electron chi connectivity index (χ4n) is 2.11. The molecule has 0 aliphatic carbocycles. The standard InChI is InChI=1S/C14H17F2N3O2S/c1-8-6-10(3)19(18-8)7-9(2)17-13(20)12-11(4-5-22-12)21-14(15)16/h4-6,9,14H,7H2,1-3H3,(H,17,20). The number of ether oxygens (including phenoxy) is 1. The number of hydrogen-bond acceptors (Lipinski definition) is 4. The first-order valence-electron chi connectivity index (χ1n) is 6.71. The van der Waals surface area contributed by atoms with Crippen LogP contribution in [0.2, 0.25) is 0 Å². The van der Waals surface area contributed by atoms with Gasteiger partial charge in [0.05, 0.1) is 12.2 Å². The summed E-state index contributed by atoms with van der Waals surface area (Å²) in [5.74, 6) is -0.532. The highest BCUT2D eigenvalue weighted by Crippen LogP contribution is 2.26. The van der Waals surface area contributed by atoms with E-state index in [0.29, 0.717) is 6.54 Å². The van der Waals surface area contributed by atoms with Crippen LogP contribution in [0.25, 0.3) is 0 Å². The lowest BCUT2D eigenvalue weighted by atomic mass is 10.3. The summed E-state index contributed by atoms with van der Waals surface area (Å²) in [6.45, 7) is 3.21. The summed E-state index contributed by atoms with van der Waals surface area (Å²) in [7, 11) is 0. The smallest absolute Gasteiger partial charge is 0.387 e. The van der Waals surface area contributed by atoms with Gasteiger partial charge in [-0.15, -0.1) is 11.3 Å². The quantitative estimate of drug-likeness (QED) is 0.886. The number of thiophene rings is 1. The van der Waals surface area contributed by atoms with Gasteiger partial charge in [-0.3, -0.25) is 9.48 Å². The van der Waals surface area contributed by atoms with Crippen LogP contribution in [0.15, 0.2) is 17.5 Å². The summed E-state index contributed by atoms with van der Waals surface area (Å²) in [6, 6.07) is 3.10. The van der Waals surface area contributed by atoms with Crippen molar-refractivity contribution in [1.82, 2.24) is 15.1 Å². The Morgan fingerprint density at radius 1 is 1.50 bits per heavy atom. The molecule has 0 spiro atoms. The minimum Gasteiger partial charge on any atom is -0.433 e. The molecule has 22 heavy (non-hydrogen) atoms. The van der Waals surface area contributed by atoms with Crippen molar-refractivity contribution in [3.63, 3.8) is 0 Å². The van der Waals surface area contributed by atoms with Crippen LogP contribution in [0.4, 0.5) is 8.78 Å². The highest BCUT2D eigenvalue weighted by molar-refractivity contribution is 7.12. The van der Waals surface area contributed by atoms with E-state index in [1.165, 1.54) is 11.4 Å². The number of carbonyl (C=O) groups is 1. The van der Waals surface area contributed by atoms with Crippen molar-refractivity contribution < 1.29 is 18.3 Å². The molecular formula is C14H17F2N3O2S. The largest absolute Gasteiger partial charge is 0.433 e. The van der Waals surface area contributed by atoms with E-state index >= 15 is 0 Å². The Kier molecular flexibility index (Phi) is 5.12. The van der Waals surface area contributed by atoms with E-state index in [1.54, 1.807) is 4.68 Å². The molecule has 1 atom stereocenters. The molecule has 120 valence electrons. The molecular weight excluding hydrogens is 312 g/mol. The number of nitrogens with one attached hydrogen (secondary N) is 1. The molecule has 0 saturated heterocycles. The van der Waals surface area contributed by atoms with Crippen molar-refractivity contribution in [1.29, 1.82) is 0 Å². The minimum atomic E-state index is -2.95. The van der Waals surface area contributed by atoms with Gasteiger partial charge < -0.3 is 10.1 Å². The molecule has 0 radical (unpaired) electrons. The van der Waals surface area contributed by atoms with Crippen LogP contribution in [0.3, 0.4) is 0 Å². The molecule has 2 aromatic rings. The number of halogens is 2. The molecule has 0 aliphatic rings. The third kappa shape index (κ3) is 4.03. The van der Waals surface area contributed by atoms with Crippen molar-refractivity contribution >= 4 is 17.2 Å². The predicted octanol–water partition coefficient (Wildman–Crippen LogP) is 2.98. The van der Waals surface area contributed by atoms with E-state index in [9.17, 15) is 13.6 Å². The van der Waals surface area contributed by atoms with E-state index in [-0.39, 0.29) is 16.7 Å². The number of aryl methyl sites for hydroxylation is 2. The zero-order chi connectivity index (χ0) is 16.3. The monoisotopic (exact) mass is 329 g/mol. The Bertz CT molecular complexity index is 654. The van der Waals surface area contributed by atoms with Crippen LogP contribution in [-0.2, 0) is 6.54 Å². The second kappa shape index (κ2) is 6.87. The Labute approximate surface area is 130 Å². The average molecular weight is 329 g/mol. The van der Waals surface area contributed by atoms with Gasteiger partial charge in [0.2, 0.25) is 0 Å². The summed E-state index contributed by atoms with van der Waals surface area (Å²) >= 11 is 1.06. The fraction of sp³-hybridized carbons (Fsp3) is 0.429. The molecule has 0 bridgehead atoms. The normalized spacial score (nSPS) is 12.5. The zero-order valence-corrected chi connectivity index (χ0v) is 13.3. The molecule has 5 nitrogen and oxygen atoms in total. The van der Waals surface area contributed by atoms with Crippen LogP contribution < -0.4 is 10.1 Å². The van der Waals surface area contributed by atoms with Crippen LogP contribution in [-0.4, -0.2) is 28.3 Å². The summed E-state index contributed by atoms with van der Waals surface area (Å²) in [4.78, 5) is 12.3. The van der Waals surface area contributed by atoms with E-state index < -0.39 is 12.5 Å². The Morgan fingerprint density at radius 3 is 2.82 bits per heavy atom.